The van der Waals surface area contributed by atoms with Crippen LogP contribution in [0, 0.1) is 5.92 Å². The van der Waals surface area contributed by atoms with E-state index in [1.54, 1.807) is 49.4 Å². The highest BCUT2D eigenvalue weighted by Gasteiger charge is 2.35. The molecule has 0 spiro atoms. The SMILES string of the molecule is CCN(C1CCC(C(=O)OC)CC1)S(=O)(=O)c1cccc(C(=O)Nc2ccc(Br)cc2C(=O)Nc2ccc(CCc3ccc(C(=O)OC)cc3)cc2)c1. The smallest absolute Gasteiger partial charge is 0.337 e. The molecule has 0 saturated heterocycles. The molecule has 5 rings (SSSR count). The number of ether oxygens (including phenoxy) is 2. The van der Waals surface area contributed by atoms with Gasteiger partial charge in [-0.2, -0.15) is 4.31 Å². The van der Waals surface area contributed by atoms with E-state index in [2.05, 4.69) is 26.6 Å². The Labute approximate surface area is 318 Å². The van der Waals surface area contributed by atoms with Crippen LogP contribution >= 0.6 is 15.9 Å². The number of anilines is 2. The molecule has 0 atom stereocenters. The standard InChI is InChI=1S/C40H42BrN3O8S/c1-4-44(33-21-16-29(17-22-33)40(48)52-3)53(49,50)34-7-5-6-30(24-34)37(45)43-36-23-18-31(41)25-35(36)38(46)42-32-19-12-27(13-20-32)9-8-26-10-14-28(15-11-26)39(47)51-2/h5-7,10-15,18-20,23-25,29,33H,4,8-9,16-17,21-22H2,1-3H3,(H,42,46)(H,43,45). The molecule has 1 saturated carbocycles. The van der Waals surface area contributed by atoms with E-state index in [0.717, 1.165) is 24.0 Å². The number of carbonyl (C=O) groups is 4. The van der Waals surface area contributed by atoms with Crippen molar-refractivity contribution in [3.05, 3.63) is 123 Å². The molecule has 2 amide bonds. The lowest BCUT2D eigenvalue weighted by atomic mass is 9.86. The molecule has 53 heavy (non-hydrogen) atoms. The number of methoxy groups -OCH3 is 2. The van der Waals surface area contributed by atoms with Gasteiger partial charge in [-0.3, -0.25) is 14.4 Å². The van der Waals surface area contributed by atoms with Crippen molar-refractivity contribution >= 4 is 61.1 Å². The quantitative estimate of drug-likeness (QED) is 0.134. The Morgan fingerprint density at radius 3 is 2.00 bits per heavy atom. The van der Waals surface area contributed by atoms with Crippen molar-refractivity contribution in [3.8, 4) is 0 Å². The maximum atomic E-state index is 13.8. The van der Waals surface area contributed by atoms with Gasteiger partial charge in [0.15, 0.2) is 0 Å². The van der Waals surface area contributed by atoms with Crippen LogP contribution in [0.3, 0.4) is 0 Å². The van der Waals surface area contributed by atoms with Gasteiger partial charge in [0.1, 0.15) is 0 Å². The van der Waals surface area contributed by atoms with Gasteiger partial charge in [-0.05, 0) is 110 Å². The number of sulfonamides is 1. The van der Waals surface area contributed by atoms with E-state index in [-0.39, 0.29) is 52.2 Å². The first-order valence-corrected chi connectivity index (χ1v) is 19.5. The average Bonchev–Trinajstić information content (AvgIpc) is 3.18. The molecule has 0 unspecified atom stereocenters. The lowest BCUT2D eigenvalue weighted by Gasteiger charge is -2.34. The van der Waals surface area contributed by atoms with Gasteiger partial charge in [-0.15, -0.1) is 0 Å². The Balaban J connectivity index is 1.23. The van der Waals surface area contributed by atoms with Gasteiger partial charge >= 0.3 is 11.9 Å². The van der Waals surface area contributed by atoms with Crippen LogP contribution in [0.5, 0.6) is 0 Å². The Morgan fingerprint density at radius 1 is 0.755 bits per heavy atom. The number of nitrogens with zero attached hydrogens (tertiary/aromatic N) is 1. The van der Waals surface area contributed by atoms with Gasteiger partial charge in [-0.1, -0.05) is 53.2 Å². The zero-order valence-corrected chi connectivity index (χ0v) is 32.2. The van der Waals surface area contributed by atoms with E-state index in [9.17, 15) is 27.6 Å². The van der Waals surface area contributed by atoms with E-state index in [0.29, 0.717) is 41.4 Å². The Kier molecular flexibility index (Phi) is 13.2. The number of hydrogen-bond donors (Lipinski definition) is 2. The zero-order chi connectivity index (χ0) is 38.1. The number of halogens is 1. The second-order valence-electron chi connectivity index (χ2n) is 12.7. The first kappa shape index (κ1) is 39.4. The van der Waals surface area contributed by atoms with Crippen molar-refractivity contribution in [1.29, 1.82) is 0 Å². The van der Waals surface area contributed by atoms with Crippen molar-refractivity contribution in [2.24, 2.45) is 5.92 Å². The van der Waals surface area contributed by atoms with Crippen LogP contribution in [0.25, 0.3) is 0 Å². The normalized spacial score (nSPS) is 15.7. The summed E-state index contributed by atoms with van der Waals surface area (Å²) in [6, 6.07) is 25.2. The molecule has 4 aromatic carbocycles. The van der Waals surface area contributed by atoms with E-state index in [1.807, 2.05) is 24.3 Å². The molecule has 0 radical (unpaired) electrons. The molecule has 1 fully saturated rings. The number of rotatable bonds is 13. The number of nitrogens with one attached hydrogen (secondary N) is 2. The van der Waals surface area contributed by atoms with Crippen LogP contribution in [0.4, 0.5) is 11.4 Å². The van der Waals surface area contributed by atoms with Crippen LogP contribution in [-0.4, -0.2) is 63.3 Å². The first-order chi connectivity index (χ1) is 25.4. The average molecular weight is 805 g/mol. The maximum absolute atomic E-state index is 13.8. The third-order valence-corrected chi connectivity index (χ3v) is 11.9. The zero-order valence-electron chi connectivity index (χ0n) is 29.8. The molecule has 0 heterocycles. The van der Waals surface area contributed by atoms with E-state index >= 15 is 0 Å². The highest BCUT2D eigenvalue weighted by atomic mass is 79.9. The van der Waals surface area contributed by atoms with Crippen LogP contribution < -0.4 is 10.6 Å². The van der Waals surface area contributed by atoms with Gasteiger partial charge < -0.3 is 20.1 Å². The number of benzene rings is 4. The molecule has 0 bridgehead atoms. The molecule has 4 aromatic rings. The van der Waals surface area contributed by atoms with Crippen LogP contribution in [0.2, 0.25) is 0 Å². The van der Waals surface area contributed by atoms with Crippen LogP contribution in [0.1, 0.15) is 74.8 Å². The van der Waals surface area contributed by atoms with Crippen molar-refractivity contribution < 1.29 is 37.1 Å². The van der Waals surface area contributed by atoms with Crippen molar-refractivity contribution in [3.63, 3.8) is 0 Å². The molecular weight excluding hydrogens is 762 g/mol. The third-order valence-electron chi connectivity index (χ3n) is 9.42. The number of carbonyl (C=O) groups excluding carboxylic acids is 4. The molecule has 1 aliphatic rings. The second-order valence-corrected chi connectivity index (χ2v) is 15.6. The number of amides is 2. The van der Waals surface area contributed by atoms with Gasteiger partial charge in [0.25, 0.3) is 11.8 Å². The number of hydrogen-bond acceptors (Lipinski definition) is 8. The summed E-state index contributed by atoms with van der Waals surface area (Å²) in [6.45, 7) is 2.01. The van der Waals surface area contributed by atoms with E-state index in [1.165, 1.54) is 42.8 Å². The minimum Gasteiger partial charge on any atom is -0.469 e. The Bertz CT molecular complexity index is 2060. The summed E-state index contributed by atoms with van der Waals surface area (Å²) in [5, 5.41) is 5.67. The van der Waals surface area contributed by atoms with Crippen molar-refractivity contribution in [1.82, 2.24) is 4.31 Å². The Morgan fingerprint density at radius 2 is 1.40 bits per heavy atom. The number of esters is 2. The molecule has 278 valence electrons. The van der Waals surface area contributed by atoms with E-state index < -0.39 is 21.8 Å². The predicted octanol–water partition coefficient (Wildman–Crippen LogP) is 7.27. The molecule has 2 N–H and O–H groups in total. The minimum atomic E-state index is -3.96. The fourth-order valence-electron chi connectivity index (χ4n) is 6.50. The Hall–Kier alpha value is -4.85. The molecule has 0 aromatic heterocycles. The third kappa shape index (κ3) is 9.78. The van der Waals surface area contributed by atoms with Crippen molar-refractivity contribution in [2.75, 3.05) is 31.4 Å². The first-order valence-electron chi connectivity index (χ1n) is 17.3. The van der Waals surface area contributed by atoms with Gasteiger partial charge in [0, 0.05) is 28.3 Å². The second kappa shape index (κ2) is 17.8. The highest BCUT2D eigenvalue weighted by molar-refractivity contribution is 9.10. The van der Waals surface area contributed by atoms with Gasteiger partial charge in [0.05, 0.1) is 41.8 Å². The summed E-state index contributed by atoms with van der Waals surface area (Å²) in [4.78, 5) is 50.7. The summed E-state index contributed by atoms with van der Waals surface area (Å²) in [5.74, 6) is -1.92. The summed E-state index contributed by atoms with van der Waals surface area (Å²) in [6.07, 6.45) is 3.65. The lowest BCUT2D eigenvalue weighted by molar-refractivity contribution is -0.146. The van der Waals surface area contributed by atoms with Crippen LogP contribution in [-0.2, 0) is 37.1 Å². The van der Waals surface area contributed by atoms with Crippen molar-refractivity contribution in [2.45, 2.75) is 56.4 Å². The largest absolute Gasteiger partial charge is 0.469 e. The maximum Gasteiger partial charge on any atom is 0.337 e. The lowest BCUT2D eigenvalue weighted by Crippen LogP contribution is -2.43. The van der Waals surface area contributed by atoms with Gasteiger partial charge in [-0.25, -0.2) is 13.2 Å². The highest BCUT2D eigenvalue weighted by Crippen LogP contribution is 2.32. The number of aryl methyl sites for hydroxylation is 2. The fraction of sp³-hybridized carbons (Fsp3) is 0.300. The monoisotopic (exact) mass is 803 g/mol. The molecule has 11 nitrogen and oxygen atoms in total. The predicted molar refractivity (Wildman–Crippen MR) is 205 cm³/mol. The van der Waals surface area contributed by atoms with Crippen LogP contribution in [0.15, 0.2) is 100 Å². The summed E-state index contributed by atoms with van der Waals surface area (Å²) >= 11 is 3.41. The molecule has 1 aliphatic carbocycles. The molecule has 13 heteroatoms. The summed E-state index contributed by atoms with van der Waals surface area (Å²) in [7, 11) is -1.26. The van der Waals surface area contributed by atoms with E-state index in [4.69, 9.17) is 9.47 Å². The topological polar surface area (TPSA) is 148 Å². The molecule has 0 aliphatic heterocycles. The fourth-order valence-corrected chi connectivity index (χ4v) is 8.60. The summed E-state index contributed by atoms with van der Waals surface area (Å²) in [5.41, 5.74) is 3.76. The molecular formula is C40H42BrN3O8S. The van der Waals surface area contributed by atoms with Gasteiger partial charge in [0.2, 0.25) is 10.0 Å². The minimum absolute atomic E-state index is 0.0178. The summed E-state index contributed by atoms with van der Waals surface area (Å²) < 4.78 is 39.3.